The van der Waals surface area contributed by atoms with Crippen molar-refractivity contribution in [3.63, 3.8) is 0 Å². The van der Waals surface area contributed by atoms with Gasteiger partial charge in [0, 0.05) is 17.1 Å². The summed E-state index contributed by atoms with van der Waals surface area (Å²) in [6.45, 7) is 1.96. The van der Waals surface area contributed by atoms with E-state index in [1.807, 2.05) is 37.3 Å². The maximum atomic E-state index is 9.04. The van der Waals surface area contributed by atoms with E-state index in [1.165, 1.54) is 0 Å². The average Bonchev–Trinajstić information content (AvgIpc) is 2.39. The molecule has 1 heterocycles. The van der Waals surface area contributed by atoms with Crippen molar-refractivity contribution in [2.45, 2.75) is 6.92 Å². The van der Waals surface area contributed by atoms with Gasteiger partial charge in [-0.15, -0.1) is 0 Å². The smallest absolute Gasteiger partial charge is 0.144 e. The molecule has 3 nitrogen and oxygen atoms in total. The van der Waals surface area contributed by atoms with E-state index < -0.39 is 0 Å². The van der Waals surface area contributed by atoms with Crippen LogP contribution in [0.15, 0.2) is 34.8 Å². The second-order valence-electron chi connectivity index (χ2n) is 3.92. The lowest BCUT2D eigenvalue weighted by Crippen LogP contribution is -1.99. The molecule has 0 saturated carbocycles. The highest BCUT2D eigenvalue weighted by Gasteiger charge is 2.09. The molecule has 0 fully saturated rings. The molecule has 0 spiro atoms. The van der Waals surface area contributed by atoms with Crippen molar-refractivity contribution >= 4 is 21.7 Å². The summed E-state index contributed by atoms with van der Waals surface area (Å²) in [5.74, 6) is 0.612. The summed E-state index contributed by atoms with van der Waals surface area (Å²) in [7, 11) is 1.77. The summed E-state index contributed by atoms with van der Waals surface area (Å²) in [5, 5.41) is 12.0. The molecule has 90 valence electrons. The Balaban J connectivity index is 2.58. The van der Waals surface area contributed by atoms with Crippen LogP contribution in [0.25, 0.3) is 11.3 Å². The average molecular weight is 302 g/mol. The number of hydrogen-bond acceptors (Lipinski definition) is 3. The minimum absolute atomic E-state index is 0.566. The van der Waals surface area contributed by atoms with Crippen molar-refractivity contribution in [1.82, 2.24) is 4.98 Å². The van der Waals surface area contributed by atoms with Crippen LogP contribution in [-0.4, -0.2) is 12.0 Å². The summed E-state index contributed by atoms with van der Waals surface area (Å²) >= 11 is 3.41. The zero-order valence-electron chi connectivity index (χ0n) is 10.2. The number of anilines is 1. The Morgan fingerprint density at radius 2 is 1.94 bits per heavy atom. The molecule has 0 unspecified atom stereocenters. The molecule has 1 aromatic carbocycles. The summed E-state index contributed by atoms with van der Waals surface area (Å²) in [6.07, 6.45) is 0. The number of pyridine rings is 1. The van der Waals surface area contributed by atoms with Gasteiger partial charge in [0.1, 0.15) is 11.9 Å². The van der Waals surface area contributed by atoms with E-state index in [0.717, 1.165) is 21.3 Å². The van der Waals surface area contributed by atoms with E-state index in [-0.39, 0.29) is 0 Å². The molecule has 2 rings (SSSR count). The number of hydrogen-bond donors (Lipinski definition) is 1. The van der Waals surface area contributed by atoms with E-state index in [0.29, 0.717) is 11.4 Å². The second kappa shape index (κ2) is 5.19. The van der Waals surface area contributed by atoms with Gasteiger partial charge in [0.05, 0.1) is 11.3 Å². The molecular formula is C14H12BrN3. The van der Waals surface area contributed by atoms with Crippen LogP contribution < -0.4 is 5.32 Å². The van der Waals surface area contributed by atoms with Gasteiger partial charge in [-0.05, 0) is 30.7 Å². The first-order valence-corrected chi connectivity index (χ1v) is 6.30. The molecule has 0 aliphatic rings. The quantitative estimate of drug-likeness (QED) is 0.919. The van der Waals surface area contributed by atoms with Gasteiger partial charge in [-0.25, -0.2) is 4.98 Å². The van der Waals surface area contributed by atoms with Gasteiger partial charge in [-0.2, -0.15) is 5.26 Å². The van der Waals surface area contributed by atoms with Crippen LogP contribution in [0, 0.1) is 18.3 Å². The predicted octanol–water partition coefficient (Wildman–Crippen LogP) is 3.73. The molecule has 1 aromatic heterocycles. The monoisotopic (exact) mass is 301 g/mol. The molecule has 0 saturated heterocycles. The van der Waals surface area contributed by atoms with Crippen LogP contribution in [0.5, 0.6) is 0 Å². The number of nitriles is 1. The lowest BCUT2D eigenvalue weighted by atomic mass is 10.0. The number of benzene rings is 1. The fourth-order valence-electron chi connectivity index (χ4n) is 1.79. The predicted molar refractivity (Wildman–Crippen MR) is 76.4 cm³/mol. The van der Waals surface area contributed by atoms with Gasteiger partial charge < -0.3 is 5.32 Å². The highest BCUT2D eigenvalue weighted by atomic mass is 79.9. The van der Waals surface area contributed by atoms with Crippen molar-refractivity contribution in [3.8, 4) is 17.3 Å². The number of nitrogens with zero attached hydrogens (tertiary/aromatic N) is 2. The topological polar surface area (TPSA) is 48.7 Å². The minimum atomic E-state index is 0.566. The molecule has 0 aliphatic carbocycles. The third-order valence-corrected chi connectivity index (χ3v) is 3.22. The summed E-state index contributed by atoms with van der Waals surface area (Å²) in [6, 6.07) is 12.0. The number of aryl methyl sites for hydroxylation is 1. The van der Waals surface area contributed by atoms with E-state index in [2.05, 4.69) is 32.3 Å². The van der Waals surface area contributed by atoms with Crippen LogP contribution in [0.1, 0.15) is 11.1 Å². The Morgan fingerprint density at radius 1 is 1.28 bits per heavy atom. The first kappa shape index (κ1) is 12.6. The molecule has 0 bridgehead atoms. The van der Waals surface area contributed by atoms with Crippen molar-refractivity contribution in [1.29, 1.82) is 5.26 Å². The molecule has 4 heteroatoms. The molecule has 1 N–H and O–H groups in total. The third-order valence-electron chi connectivity index (χ3n) is 2.69. The van der Waals surface area contributed by atoms with E-state index in [9.17, 15) is 0 Å². The van der Waals surface area contributed by atoms with Crippen LogP contribution in [-0.2, 0) is 0 Å². The summed E-state index contributed by atoms with van der Waals surface area (Å²) in [5.41, 5.74) is 3.49. The van der Waals surface area contributed by atoms with Crippen molar-refractivity contribution in [2.75, 3.05) is 12.4 Å². The molecule has 2 aromatic rings. The van der Waals surface area contributed by atoms with Gasteiger partial charge in [-0.1, -0.05) is 28.1 Å². The Labute approximate surface area is 115 Å². The highest BCUT2D eigenvalue weighted by molar-refractivity contribution is 9.10. The van der Waals surface area contributed by atoms with E-state index >= 15 is 0 Å². The Morgan fingerprint density at radius 3 is 2.50 bits per heavy atom. The summed E-state index contributed by atoms with van der Waals surface area (Å²) in [4.78, 5) is 4.51. The van der Waals surface area contributed by atoms with Gasteiger partial charge in [0.15, 0.2) is 0 Å². The number of rotatable bonds is 2. The maximum absolute atomic E-state index is 9.04. The van der Waals surface area contributed by atoms with Gasteiger partial charge in [-0.3, -0.25) is 0 Å². The largest absolute Gasteiger partial charge is 0.372 e. The van der Waals surface area contributed by atoms with Crippen molar-refractivity contribution in [2.24, 2.45) is 0 Å². The van der Waals surface area contributed by atoms with Crippen LogP contribution in [0.2, 0.25) is 0 Å². The number of halogens is 1. The fraction of sp³-hybridized carbons (Fsp3) is 0.143. The molecule has 0 amide bonds. The normalized spacial score (nSPS) is 9.89. The van der Waals surface area contributed by atoms with Crippen LogP contribution in [0.4, 0.5) is 5.82 Å². The van der Waals surface area contributed by atoms with E-state index in [1.54, 1.807) is 7.05 Å². The second-order valence-corrected chi connectivity index (χ2v) is 4.83. The standard InChI is InChI=1S/C14H12BrN3/c1-9-7-11(8-16)14(17-2)18-13(9)10-3-5-12(15)6-4-10/h3-7H,1-2H3,(H,17,18). The maximum Gasteiger partial charge on any atom is 0.144 e. The van der Waals surface area contributed by atoms with Crippen molar-refractivity contribution in [3.05, 3.63) is 45.9 Å². The SMILES string of the molecule is CNc1nc(-c2ccc(Br)cc2)c(C)cc1C#N. The van der Waals surface area contributed by atoms with Crippen molar-refractivity contribution < 1.29 is 0 Å². The molecule has 0 atom stereocenters. The Kier molecular flexibility index (Phi) is 3.63. The third kappa shape index (κ3) is 2.36. The molecule has 0 radical (unpaired) electrons. The zero-order chi connectivity index (χ0) is 13.1. The highest BCUT2D eigenvalue weighted by Crippen LogP contribution is 2.26. The Bertz CT molecular complexity index is 612. The van der Waals surface area contributed by atoms with Crippen LogP contribution in [0.3, 0.4) is 0 Å². The fourth-order valence-corrected chi connectivity index (χ4v) is 2.05. The minimum Gasteiger partial charge on any atom is -0.372 e. The van der Waals surface area contributed by atoms with Crippen LogP contribution >= 0.6 is 15.9 Å². The molecular weight excluding hydrogens is 290 g/mol. The first-order valence-electron chi connectivity index (χ1n) is 5.51. The van der Waals surface area contributed by atoms with E-state index in [4.69, 9.17) is 5.26 Å². The van der Waals surface area contributed by atoms with Gasteiger partial charge in [0.25, 0.3) is 0 Å². The lowest BCUT2D eigenvalue weighted by Gasteiger charge is -2.09. The zero-order valence-corrected chi connectivity index (χ0v) is 11.7. The first-order chi connectivity index (χ1) is 8.65. The summed E-state index contributed by atoms with van der Waals surface area (Å²) < 4.78 is 1.03. The van der Waals surface area contributed by atoms with Gasteiger partial charge >= 0.3 is 0 Å². The number of aromatic nitrogens is 1. The number of nitrogens with one attached hydrogen (secondary N) is 1. The van der Waals surface area contributed by atoms with Gasteiger partial charge in [0.2, 0.25) is 0 Å². The molecule has 18 heavy (non-hydrogen) atoms. The Hall–Kier alpha value is -1.86. The molecule has 0 aliphatic heterocycles. The lowest BCUT2D eigenvalue weighted by molar-refractivity contribution is 1.23.